The fourth-order valence-electron chi connectivity index (χ4n) is 1.52. The molecule has 1 aliphatic rings. The van der Waals surface area contributed by atoms with Crippen LogP contribution in [-0.2, 0) is 9.53 Å². The van der Waals surface area contributed by atoms with Crippen LogP contribution in [0.5, 0.6) is 0 Å². The Morgan fingerprint density at radius 3 is 2.31 bits per heavy atom. The van der Waals surface area contributed by atoms with E-state index in [0.29, 0.717) is 6.42 Å². The first-order chi connectivity index (χ1) is 5.38. The predicted molar refractivity (Wildman–Crippen MR) is 46.9 cm³/mol. The largest absolute Gasteiger partial charge is 1.00 e. The molecule has 1 rings (SSSR count). The van der Waals surface area contributed by atoms with Crippen molar-refractivity contribution in [1.29, 1.82) is 0 Å². The van der Waals surface area contributed by atoms with Crippen molar-refractivity contribution in [1.82, 2.24) is 0 Å². The molecule has 0 aromatic carbocycles. The molecule has 0 spiro atoms. The average Bonchev–Trinajstić information content (AvgIpc) is 2.07. The highest BCUT2D eigenvalue weighted by atomic mass is 127. The number of quaternary nitrogens is 1. The molecule has 78 valence electrons. The molecule has 13 heavy (non-hydrogen) atoms. The highest BCUT2D eigenvalue weighted by Gasteiger charge is 2.33. The number of hydrogen-bond acceptors (Lipinski definition) is 2. The van der Waals surface area contributed by atoms with Gasteiger partial charge >= 0.3 is 0 Å². The summed E-state index contributed by atoms with van der Waals surface area (Å²) < 4.78 is 6.34. The zero-order chi connectivity index (χ0) is 9.35. The van der Waals surface area contributed by atoms with Crippen molar-refractivity contribution in [3.63, 3.8) is 0 Å². The zero-order valence-electron chi connectivity index (χ0n) is 8.71. The molecule has 0 amide bonds. The van der Waals surface area contributed by atoms with E-state index in [1.54, 1.807) is 0 Å². The molecule has 1 aliphatic heterocycles. The third kappa shape index (κ3) is 4.37. The second-order valence-electron chi connectivity index (χ2n) is 4.54. The molecule has 0 bridgehead atoms. The van der Waals surface area contributed by atoms with E-state index in [4.69, 9.17) is 4.74 Å². The van der Waals surface area contributed by atoms with Crippen molar-refractivity contribution in [2.45, 2.75) is 25.6 Å². The fourth-order valence-corrected chi connectivity index (χ4v) is 1.52. The number of ketones is 1. The van der Waals surface area contributed by atoms with Gasteiger partial charge in [-0.1, -0.05) is 0 Å². The Labute approximate surface area is 97.0 Å². The van der Waals surface area contributed by atoms with E-state index in [0.717, 1.165) is 11.0 Å². The van der Waals surface area contributed by atoms with Crippen LogP contribution in [0.15, 0.2) is 0 Å². The maximum Gasteiger partial charge on any atom is 0.164 e. The topological polar surface area (TPSA) is 26.3 Å². The van der Waals surface area contributed by atoms with Crippen LogP contribution in [0.25, 0.3) is 0 Å². The number of hydrogen-bond donors (Lipinski definition) is 0. The van der Waals surface area contributed by atoms with E-state index < -0.39 is 0 Å². The molecule has 3 nitrogen and oxygen atoms in total. The summed E-state index contributed by atoms with van der Waals surface area (Å²) in [5, 5.41) is 0. The van der Waals surface area contributed by atoms with Gasteiger partial charge in [-0.15, -0.1) is 0 Å². The average molecular weight is 299 g/mol. The van der Waals surface area contributed by atoms with E-state index in [-0.39, 0.29) is 42.0 Å². The lowest BCUT2D eigenvalue weighted by molar-refractivity contribution is -0.873. The Balaban J connectivity index is 0.00000144. The van der Waals surface area contributed by atoms with Gasteiger partial charge in [0.1, 0.15) is 18.8 Å². The lowest BCUT2D eigenvalue weighted by atomic mass is 10.2. The standard InChI is InChI=1S/C9H18NO2.HI/c1-7-9(11)5-8(12-7)6-10(2,3)4;/h7-8H,5-6H2,1-4H3;1H/q+1;/p-1/t7-,8-;/m1./s1. The summed E-state index contributed by atoms with van der Waals surface area (Å²) in [4.78, 5) is 11.1. The summed E-state index contributed by atoms with van der Waals surface area (Å²) in [7, 11) is 6.32. The Morgan fingerprint density at radius 1 is 1.46 bits per heavy atom. The maximum absolute atomic E-state index is 11.1. The Morgan fingerprint density at radius 2 is 2.00 bits per heavy atom. The predicted octanol–water partition coefficient (Wildman–Crippen LogP) is -2.56. The number of ether oxygens (including phenoxy) is 1. The van der Waals surface area contributed by atoms with Gasteiger partial charge in [-0.3, -0.25) is 4.79 Å². The number of likely N-dealkylation sites (N-methyl/N-ethyl adjacent to an activating group) is 1. The van der Waals surface area contributed by atoms with E-state index in [9.17, 15) is 4.79 Å². The first kappa shape index (κ1) is 13.3. The Hall–Kier alpha value is 0.320. The second-order valence-corrected chi connectivity index (χ2v) is 4.54. The van der Waals surface area contributed by atoms with Crippen LogP contribution in [0.2, 0.25) is 0 Å². The fraction of sp³-hybridized carbons (Fsp3) is 0.889. The minimum absolute atomic E-state index is 0. The monoisotopic (exact) mass is 299 g/mol. The molecule has 0 aromatic rings. The van der Waals surface area contributed by atoms with Crippen molar-refractivity contribution < 1.29 is 38.0 Å². The number of carbonyl (C=O) groups excluding carboxylic acids is 1. The number of halogens is 1. The second kappa shape index (κ2) is 4.70. The molecular formula is C9H18INO2. The molecule has 4 heteroatoms. The molecule has 2 atom stereocenters. The number of nitrogens with zero attached hydrogens (tertiary/aromatic N) is 1. The summed E-state index contributed by atoms with van der Waals surface area (Å²) >= 11 is 0. The van der Waals surface area contributed by atoms with Crippen LogP contribution in [0, 0.1) is 0 Å². The van der Waals surface area contributed by atoms with Gasteiger partial charge < -0.3 is 33.2 Å². The lowest BCUT2D eigenvalue weighted by Crippen LogP contribution is -3.00. The van der Waals surface area contributed by atoms with Gasteiger partial charge in [-0.2, -0.15) is 0 Å². The third-order valence-corrected chi connectivity index (χ3v) is 2.03. The summed E-state index contributed by atoms with van der Waals surface area (Å²) in [5.41, 5.74) is 0. The van der Waals surface area contributed by atoms with Gasteiger partial charge in [0.25, 0.3) is 0 Å². The van der Waals surface area contributed by atoms with E-state index in [1.807, 2.05) is 6.92 Å². The van der Waals surface area contributed by atoms with Gasteiger partial charge in [0.05, 0.1) is 21.1 Å². The first-order valence-corrected chi connectivity index (χ1v) is 4.37. The summed E-state index contributed by atoms with van der Waals surface area (Å²) in [6.45, 7) is 2.74. The maximum atomic E-state index is 11.1. The lowest BCUT2D eigenvalue weighted by Gasteiger charge is -2.26. The van der Waals surface area contributed by atoms with Gasteiger partial charge in [0, 0.05) is 6.42 Å². The Kier molecular flexibility index (Phi) is 4.82. The SMILES string of the molecule is C[C@H]1O[C@@H](C[N+](C)(C)C)CC1=O.[I-]. The van der Waals surface area contributed by atoms with Gasteiger partial charge in [-0.05, 0) is 6.92 Å². The van der Waals surface area contributed by atoms with Crippen molar-refractivity contribution >= 4 is 5.78 Å². The molecule has 0 aliphatic carbocycles. The summed E-state index contributed by atoms with van der Waals surface area (Å²) in [5.74, 6) is 0.244. The molecule has 0 aromatic heterocycles. The van der Waals surface area contributed by atoms with Crippen molar-refractivity contribution in [3.05, 3.63) is 0 Å². The van der Waals surface area contributed by atoms with Crippen LogP contribution in [0.1, 0.15) is 13.3 Å². The van der Waals surface area contributed by atoms with Crippen LogP contribution in [0.3, 0.4) is 0 Å². The van der Waals surface area contributed by atoms with E-state index >= 15 is 0 Å². The molecular weight excluding hydrogens is 281 g/mol. The van der Waals surface area contributed by atoms with E-state index in [1.165, 1.54) is 0 Å². The minimum atomic E-state index is -0.179. The minimum Gasteiger partial charge on any atom is -1.00 e. The smallest absolute Gasteiger partial charge is 0.164 e. The molecule has 0 N–H and O–H groups in total. The molecule has 1 fully saturated rings. The highest BCUT2D eigenvalue weighted by Crippen LogP contribution is 2.17. The van der Waals surface area contributed by atoms with Gasteiger partial charge in [0.2, 0.25) is 0 Å². The van der Waals surface area contributed by atoms with Crippen LogP contribution in [0.4, 0.5) is 0 Å². The highest BCUT2D eigenvalue weighted by molar-refractivity contribution is 5.84. The third-order valence-electron chi connectivity index (χ3n) is 2.03. The first-order valence-electron chi connectivity index (χ1n) is 4.37. The van der Waals surface area contributed by atoms with Crippen LogP contribution in [-0.4, -0.2) is 50.2 Å². The van der Waals surface area contributed by atoms with Crippen molar-refractivity contribution in [3.8, 4) is 0 Å². The number of carbonyl (C=O) groups is 1. The van der Waals surface area contributed by atoms with Crippen LogP contribution < -0.4 is 24.0 Å². The summed E-state index contributed by atoms with van der Waals surface area (Å²) in [6.07, 6.45) is 0.547. The van der Waals surface area contributed by atoms with Gasteiger partial charge in [0.15, 0.2) is 5.78 Å². The van der Waals surface area contributed by atoms with Crippen molar-refractivity contribution in [2.75, 3.05) is 27.7 Å². The number of Topliss-reactive ketones (excluding diaryl/α,β-unsaturated/α-hetero) is 1. The molecule has 0 unspecified atom stereocenters. The number of rotatable bonds is 2. The molecule has 0 radical (unpaired) electrons. The molecule has 1 saturated heterocycles. The zero-order valence-corrected chi connectivity index (χ0v) is 10.9. The summed E-state index contributed by atoms with van der Waals surface area (Å²) in [6, 6.07) is 0. The quantitative estimate of drug-likeness (QED) is 0.414. The van der Waals surface area contributed by atoms with Gasteiger partial charge in [-0.25, -0.2) is 0 Å². The van der Waals surface area contributed by atoms with Crippen molar-refractivity contribution in [2.24, 2.45) is 0 Å². The Bertz CT molecular complexity index is 189. The van der Waals surface area contributed by atoms with E-state index in [2.05, 4.69) is 21.1 Å². The normalized spacial score (nSPS) is 28.8. The molecule has 0 saturated carbocycles. The van der Waals surface area contributed by atoms with Crippen LogP contribution >= 0.6 is 0 Å². The molecule has 1 heterocycles.